The predicted octanol–water partition coefficient (Wildman–Crippen LogP) is 3.10. The van der Waals surface area contributed by atoms with Gasteiger partial charge in [0.25, 0.3) is 10.1 Å². The highest BCUT2D eigenvalue weighted by Crippen LogP contribution is 2.21. The summed E-state index contributed by atoms with van der Waals surface area (Å²) in [5.41, 5.74) is 3.81. The van der Waals surface area contributed by atoms with Gasteiger partial charge in [0.1, 0.15) is 0 Å². The van der Waals surface area contributed by atoms with Crippen LogP contribution in [-0.2, 0) is 19.9 Å². The Morgan fingerprint density at radius 1 is 0.673 bits per heavy atom. The standard InChI is InChI=1S/C20H12N2O2.C9H11NO2.C8H20N2O4.CH4O3S/c23-19-11-5-1-3-7-15(11)21-17-10-14-18(9-13(17)19)22-16-8-4-2-6-12(16)20(14)24;1-2-10-8-6-4-3-5-7(8)9(11)12;11-5-1-9-3-7-13-14-8-4-10-2-6-12;1-5(2,3)4/h1-10H,(H,21,23)(H,22,24);3-6,10H,2H2,1H3,(H,11,12);9-12H,1-8H2;1H3,(H,2,3,4). The van der Waals surface area contributed by atoms with E-state index >= 15 is 0 Å². The minimum Gasteiger partial charge on any atom is -0.478 e. The first-order chi connectivity index (χ1) is 26.4. The molecule has 0 saturated carbocycles. The molecule has 6 aromatic rings. The second-order valence-corrected chi connectivity index (χ2v) is 13.1. The maximum atomic E-state index is 12.8. The molecule has 4 aromatic carbocycles. The zero-order valence-electron chi connectivity index (χ0n) is 30.5. The van der Waals surface area contributed by atoms with E-state index in [1.54, 1.807) is 42.5 Å². The lowest BCUT2D eigenvalue weighted by Gasteiger charge is -2.06. The maximum Gasteiger partial charge on any atom is 0.337 e. The molecule has 0 aliphatic rings. The number of pyridine rings is 2. The molecule has 2 heterocycles. The van der Waals surface area contributed by atoms with Gasteiger partial charge in [-0.3, -0.25) is 14.1 Å². The van der Waals surface area contributed by atoms with E-state index in [4.69, 9.17) is 29.6 Å². The van der Waals surface area contributed by atoms with E-state index in [9.17, 15) is 22.8 Å². The summed E-state index contributed by atoms with van der Waals surface area (Å²) in [5, 5.41) is 36.9. The molecule has 17 heteroatoms. The topological polar surface area (TPSA) is 252 Å². The predicted molar refractivity (Wildman–Crippen MR) is 215 cm³/mol. The number of H-pyrrole nitrogens is 2. The molecule has 0 saturated heterocycles. The van der Waals surface area contributed by atoms with Gasteiger partial charge in [-0.1, -0.05) is 36.4 Å². The third-order valence-electron chi connectivity index (χ3n) is 7.44. The Bertz CT molecular complexity index is 2240. The molecule has 0 atom stereocenters. The van der Waals surface area contributed by atoms with Crippen molar-refractivity contribution >= 4 is 65.4 Å². The van der Waals surface area contributed by atoms with Crippen molar-refractivity contribution in [2.24, 2.45) is 0 Å². The Hall–Kier alpha value is -5.24. The number of aromatic amines is 2. The van der Waals surface area contributed by atoms with Crippen molar-refractivity contribution in [3.8, 4) is 0 Å². The van der Waals surface area contributed by atoms with Crippen molar-refractivity contribution < 1.29 is 42.9 Å². The molecule has 0 unspecified atom stereocenters. The van der Waals surface area contributed by atoms with E-state index in [2.05, 4.69) is 25.9 Å². The van der Waals surface area contributed by atoms with Crippen LogP contribution in [0.15, 0.2) is 94.5 Å². The van der Waals surface area contributed by atoms with Crippen LogP contribution in [0, 0.1) is 0 Å². The number of para-hydroxylation sites is 3. The van der Waals surface area contributed by atoms with Gasteiger partial charge in [-0.2, -0.15) is 8.42 Å². The molecular formula is C38H47N5O11S. The van der Waals surface area contributed by atoms with E-state index in [0.29, 0.717) is 89.5 Å². The minimum absolute atomic E-state index is 0.0322. The summed E-state index contributed by atoms with van der Waals surface area (Å²) in [6.45, 7) is 6.29. The molecule has 0 bridgehead atoms. The summed E-state index contributed by atoms with van der Waals surface area (Å²) < 4.78 is 25.9. The number of carboxylic acids is 1. The minimum atomic E-state index is -3.67. The van der Waals surface area contributed by atoms with Crippen molar-refractivity contribution in [1.29, 1.82) is 0 Å². The number of aliphatic hydroxyl groups is 2. The van der Waals surface area contributed by atoms with Crippen LogP contribution in [0.3, 0.4) is 0 Å². The number of rotatable bonds is 14. The average Bonchev–Trinajstić information content (AvgIpc) is 3.16. The smallest absolute Gasteiger partial charge is 0.337 e. The zero-order chi connectivity index (χ0) is 40.2. The van der Waals surface area contributed by atoms with Crippen molar-refractivity contribution in [3.05, 3.63) is 111 Å². The highest BCUT2D eigenvalue weighted by atomic mass is 32.2. The molecule has 55 heavy (non-hydrogen) atoms. The first-order valence-corrected chi connectivity index (χ1v) is 19.1. The number of aromatic carboxylic acids is 1. The van der Waals surface area contributed by atoms with Crippen molar-refractivity contribution in [3.63, 3.8) is 0 Å². The lowest BCUT2D eigenvalue weighted by Crippen LogP contribution is -2.25. The quantitative estimate of drug-likeness (QED) is 0.0253. The van der Waals surface area contributed by atoms with E-state index in [-0.39, 0.29) is 24.1 Å². The summed E-state index contributed by atoms with van der Waals surface area (Å²) in [4.78, 5) is 52.3. The van der Waals surface area contributed by atoms with Crippen molar-refractivity contribution in [2.75, 3.05) is 70.7 Å². The number of aliphatic hydroxyl groups excluding tert-OH is 2. The van der Waals surface area contributed by atoms with Crippen LogP contribution in [0.2, 0.25) is 0 Å². The third-order valence-corrected chi connectivity index (χ3v) is 7.44. The van der Waals surface area contributed by atoms with Gasteiger partial charge in [0.15, 0.2) is 10.9 Å². The molecule has 0 aliphatic heterocycles. The average molecular weight is 782 g/mol. The molecule has 0 spiro atoms. The fraction of sp³-hybridized carbons (Fsp3) is 0.289. The van der Waals surface area contributed by atoms with Gasteiger partial charge >= 0.3 is 5.97 Å². The van der Waals surface area contributed by atoms with Crippen LogP contribution in [0.5, 0.6) is 0 Å². The van der Waals surface area contributed by atoms with Crippen LogP contribution in [0.25, 0.3) is 43.6 Å². The van der Waals surface area contributed by atoms with E-state index < -0.39 is 16.1 Å². The molecule has 0 fully saturated rings. The van der Waals surface area contributed by atoms with Gasteiger partial charge < -0.3 is 41.2 Å². The summed E-state index contributed by atoms with van der Waals surface area (Å²) in [5.74, 6) is -0.897. The number of carboxylic acid groups (broad SMARTS) is 1. The molecule has 16 nitrogen and oxygen atoms in total. The summed E-state index contributed by atoms with van der Waals surface area (Å²) in [7, 11) is -3.67. The zero-order valence-corrected chi connectivity index (χ0v) is 31.3. The van der Waals surface area contributed by atoms with E-state index in [1.165, 1.54) is 0 Å². The van der Waals surface area contributed by atoms with Crippen LogP contribution >= 0.6 is 0 Å². The van der Waals surface area contributed by atoms with Gasteiger partial charge in [-0.05, 0) is 55.5 Å². The summed E-state index contributed by atoms with van der Waals surface area (Å²) in [6.07, 6.45) is 0.715. The number of fused-ring (bicyclic) bond motifs is 4. The fourth-order valence-electron chi connectivity index (χ4n) is 5.11. The van der Waals surface area contributed by atoms with Crippen molar-refractivity contribution in [2.45, 2.75) is 6.92 Å². The molecule has 0 radical (unpaired) electrons. The van der Waals surface area contributed by atoms with Gasteiger partial charge in [-0.15, -0.1) is 0 Å². The Balaban J connectivity index is 0.000000225. The Kier molecular flexibility index (Phi) is 18.3. The second kappa shape index (κ2) is 22.9. The number of aromatic nitrogens is 2. The third kappa shape index (κ3) is 14.5. The Morgan fingerprint density at radius 2 is 1.09 bits per heavy atom. The Labute approximate surface area is 316 Å². The highest BCUT2D eigenvalue weighted by molar-refractivity contribution is 7.85. The van der Waals surface area contributed by atoms with Crippen LogP contribution in [0.1, 0.15) is 17.3 Å². The monoisotopic (exact) mass is 781 g/mol. The van der Waals surface area contributed by atoms with Gasteiger partial charge in [0, 0.05) is 71.0 Å². The molecular weight excluding hydrogens is 735 g/mol. The van der Waals surface area contributed by atoms with Gasteiger partial charge in [-0.25, -0.2) is 14.6 Å². The SMILES string of the molecule is CCNc1ccccc1C(=O)O.CS(=O)(=O)O.O=c1c2ccccc2[nH]c2cc3c(=O)c4ccccc4[nH]c3cc12.OCCNCCOOCCNCCO. The first kappa shape index (κ1) is 44.2. The van der Waals surface area contributed by atoms with Crippen molar-refractivity contribution in [1.82, 2.24) is 20.6 Å². The Morgan fingerprint density at radius 3 is 1.51 bits per heavy atom. The van der Waals surface area contributed by atoms with E-state index in [0.717, 1.165) is 17.6 Å². The molecule has 2 aromatic heterocycles. The number of carbonyl (C=O) groups is 1. The second-order valence-electron chi connectivity index (χ2n) is 11.6. The molecule has 0 amide bonds. The fourth-order valence-corrected chi connectivity index (χ4v) is 5.11. The normalized spacial score (nSPS) is 10.9. The lowest BCUT2D eigenvalue weighted by molar-refractivity contribution is -0.291. The van der Waals surface area contributed by atoms with Gasteiger partial charge in [0.05, 0.1) is 49.3 Å². The van der Waals surface area contributed by atoms with E-state index in [1.807, 2.05) is 49.4 Å². The lowest BCUT2D eigenvalue weighted by atomic mass is 10.1. The number of hydrogen-bond acceptors (Lipinski definition) is 12. The molecule has 6 rings (SSSR count). The maximum absolute atomic E-state index is 12.8. The number of anilines is 1. The number of benzene rings is 4. The summed E-state index contributed by atoms with van der Waals surface area (Å²) >= 11 is 0. The molecule has 0 aliphatic carbocycles. The molecule has 296 valence electrons. The van der Waals surface area contributed by atoms with Crippen LogP contribution in [0.4, 0.5) is 5.69 Å². The number of nitrogens with one attached hydrogen (secondary N) is 5. The van der Waals surface area contributed by atoms with Gasteiger partial charge in [0.2, 0.25) is 0 Å². The summed E-state index contributed by atoms with van der Waals surface area (Å²) in [6, 6.07) is 25.2. The number of hydrogen-bond donors (Lipinski definition) is 9. The highest BCUT2D eigenvalue weighted by Gasteiger charge is 2.11. The van der Waals surface area contributed by atoms with Crippen LogP contribution in [-0.4, -0.2) is 110 Å². The first-order valence-electron chi connectivity index (χ1n) is 17.2. The largest absolute Gasteiger partial charge is 0.478 e. The molecule has 9 N–H and O–H groups in total. The van der Waals surface area contributed by atoms with Crippen LogP contribution < -0.4 is 26.8 Å².